The Morgan fingerprint density at radius 3 is 2.88 bits per heavy atom. The molecule has 2 rings (SSSR count). The standard InChI is InChI=1S/C12H14N4S/c1-16-7-10(6-15-16)17-8-9-4-2-3-5-11(9)12(13)14/h2-7H,8H2,1H3,(H3,13,14). The Morgan fingerprint density at radius 2 is 2.24 bits per heavy atom. The zero-order valence-electron chi connectivity index (χ0n) is 9.55. The Balaban J connectivity index is 2.11. The van der Waals surface area contributed by atoms with Crippen LogP contribution in [-0.2, 0) is 12.8 Å². The highest BCUT2D eigenvalue weighted by Gasteiger charge is 2.05. The number of hydrogen-bond acceptors (Lipinski definition) is 3. The molecule has 2 aromatic rings. The molecule has 0 saturated carbocycles. The van der Waals surface area contributed by atoms with Crippen molar-refractivity contribution in [3.8, 4) is 0 Å². The Kier molecular flexibility index (Phi) is 3.49. The minimum absolute atomic E-state index is 0.118. The van der Waals surface area contributed by atoms with Gasteiger partial charge in [0.1, 0.15) is 5.84 Å². The van der Waals surface area contributed by atoms with Crippen molar-refractivity contribution in [2.75, 3.05) is 0 Å². The van der Waals surface area contributed by atoms with Crippen LogP contribution in [0.15, 0.2) is 41.6 Å². The Morgan fingerprint density at radius 1 is 1.47 bits per heavy atom. The Hall–Kier alpha value is -1.75. The van der Waals surface area contributed by atoms with Gasteiger partial charge < -0.3 is 5.73 Å². The molecule has 0 unspecified atom stereocenters. The summed E-state index contributed by atoms with van der Waals surface area (Å²) in [6.45, 7) is 0. The predicted molar refractivity (Wildman–Crippen MR) is 70.2 cm³/mol. The van der Waals surface area contributed by atoms with Crippen LogP contribution in [0.2, 0.25) is 0 Å². The van der Waals surface area contributed by atoms with Crippen molar-refractivity contribution in [3.63, 3.8) is 0 Å². The van der Waals surface area contributed by atoms with Crippen LogP contribution in [0.4, 0.5) is 0 Å². The molecule has 5 heteroatoms. The van der Waals surface area contributed by atoms with E-state index in [1.165, 1.54) is 0 Å². The summed E-state index contributed by atoms with van der Waals surface area (Å²) in [6.07, 6.45) is 3.81. The summed E-state index contributed by atoms with van der Waals surface area (Å²) in [5.74, 6) is 0.911. The van der Waals surface area contributed by atoms with Gasteiger partial charge in [-0.15, -0.1) is 11.8 Å². The minimum Gasteiger partial charge on any atom is -0.384 e. The number of aromatic nitrogens is 2. The molecule has 17 heavy (non-hydrogen) atoms. The second-order valence-electron chi connectivity index (χ2n) is 3.71. The van der Waals surface area contributed by atoms with E-state index in [4.69, 9.17) is 11.1 Å². The van der Waals surface area contributed by atoms with Gasteiger partial charge in [-0.05, 0) is 5.56 Å². The van der Waals surface area contributed by atoms with Crippen LogP contribution in [0.1, 0.15) is 11.1 Å². The number of nitrogens with one attached hydrogen (secondary N) is 1. The summed E-state index contributed by atoms with van der Waals surface area (Å²) >= 11 is 1.69. The van der Waals surface area contributed by atoms with Crippen LogP contribution >= 0.6 is 11.8 Å². The number of thioether (sulfide) groups is 1. The molecule has 0 spiro atoms. The largest absolute Gasteiger partial charge is 0.384 e. The molecule has 0 saturated heterocycles. The molecule has 4 nitrogen and oxygen atoms in total. The Labute approximate surface area is 104 Å². The maximum Gasteiger partial charge on any atom is 0.123 e. The third kappa shape index (κ3) is 2.88. The SMILES string of the molecule is Cn1cc(SCc2ccccc2C(=N)N)cn1. The molecule has 1 heterocycles. The van der Waals surface area contributed by atoms with E-state index in [-0.39, 0.29) is 5.84 Å². The van der Waals surface area contributed by atoms with Crippen molar-refractivity contribution in [1.82, 2.24) is 9.78 Å². The second-order valence-corrected chi connectivity index (χ2v) is 4.76. The molecule has 0 radical (unpaired) electrons. The summed E-state index contributed by atoms with van der Waals surface area (Å²) in [6, 6.07) is 7.74. The molecule has 88 valence electrons. The van der Waals surface area contributed by atoms with E-state index in [9.17, 15) is 0 Å². The minimum atomic E-state index is 0.118. The van der Waals surface area contributed by atoms with Gasteiger partial charge in [0, 0.05) is 29.5 Å². The number of amidine groups is 1. The first kappa shape index (κ1) is 11.7. The monoisotopic (exact) mass is 246 g/mol. The first-order valence-electron chi connectivity index (χ1n) is 5.20. The van der Waals surface area contributed by atoms with Crippen molar-refractivity contribution in [2.45, 2.75) is 10.6 Å². The van der Waals surface area contributed by atoms with Crippen LogP contribution < -0.4 is 5.73 Å². The van der Waals surface area contributed by atoms with E-state index in [1.807, 2.05) is 43.7 Å². The maximum absolute atomic E-state index is 7.52. The van der Waals surface area contributed by atoms with Gasteiger partial charge in [0.25, 0.3) is 0 Å². The van der Waals surface area contributed by atoms with Crippen LogP contribution in [0, 0.1) is 5.41 Å². The number of benzene rings is 1. The average Bonchev–Trinajstić information content (AvgIpc) is 2.73. The molecule has 1 aromatic carbocycles. The van der Waals surface area contributed by atoms with Gasteiger partial charge in [-0.25, -0.2) is 0 Å². The number of nitrogens with two attached hydrogens (primary N) is 1. The molecule has 0 amide bonds. The zero-order valence-corrected chi connectivity index (χ0v) is 10.4. The van der Waals surface area contributed by atoms with Crippen molar-refractivity contribution >= 4 is 17.6 Å². The fourth-order valence-electron chi connectivity index (χ4n) is 1.54. The lowest BCUT2D eigenvalue weighted by Gasteiger charge is -2.06. The normalized spacial score (nSPS) is 10.4. The second kappa shape index (κ2) is 5.05. The van der Waals surface area contributed by atoms with Gasteiger partial charge in [-0.2, -0.15) is 5.10 Å². The molecule has 0 bridgehead atoms. The van der Waals surface area contributed by atoms with Crippen molar-refractivity contribution < 1.29 is 0 Å². The fraction of sp³-hybridized carbons (Fsp3) is 0.167. The van der Waals surface area contributed by atoms with Gasteiger partial charge >= 0.3 is 0 Å². The summed E-state index contributed by atoms with van der Waals surface area (Å²) in [4.78, 5) is 1.12. The van der Waals surface area contributed by atoms with E-state index in [1.54, 1.807) is 16.4 Å². The molecular formula is C12H14N4S. The van der Waals surface area contributed by atoms with Crippen LogP contribution in [-0.4, -0.2) is 15.6 Å². The molecule has 0 aliphatic heterocycles. The molecule has 1 aromatic heterocycles. The van der Waals surface area contributed by atoms with E-state index >= 15 is 0 Å². The Bertz CT molecular complexity index is 533. The molecule has 0 atom stereocenters. The van der Waals surface area contributed by atoms with Gasteiger partial charge in [0.2, 0.25) is 0 Å². The third-order valence-electron chi connectivity index (χ3n) is 2.38. The number of aryl methyl sites for hydroxylation is 1. The number of hydrogen-bond donors (Lipinski definition) is 2. The van der Waals surface area contributed by atoms with Gasteiger partial charge in [-0.1, -0.05) is 24.3 Å². The molecule has 0 fully saturated rings. The smallest absolute Gasteiger partial charge is 0.123 e. The number of nitrogens with zero attached hydrogens (tertiary/aromatic N) is 2. The highest BCUT2D eigenvalue weighted by molar-refractivity contribution is 7.98. The van der Waals surface area contributed by atoms with E-state index in [2.05, 4.69) is 5.10 Å². The quantitative estimate of drug-likeness (QED) is 0.492. The molecular weight excluding hydrogens is 232 g/mol. The van der Waals surface area contributed by atoms with Gasteiger partial charge in [0.15, 0.2) is 0 Å². The lowest BCUT2D eigenvalue weighted by Crippen LogP contribution is -2.13. The highest BCUT2D eigenvalue weighted by Crippen LogP contribution is 2.23. The van der Waals surface area contributed by atoms with Gasteiger partial charge in [-0.3, -0.25) is 10.1 Å². The third-order valence-corrected chi connectivity index (χ3v) is 3.38. The lowest BCUT2D eigenvalue weighted by molar-refractivity contribution is 0.766. The van der Waals surface area contributed by atoms with E-state index in [0.29, 0.717) is 0 Å². The maximum atomic E-state index is 7.52. The number of nitrogen functional groups attached to an aromatic ring is 1. The van der Waals surface area contributed by atoms with E-state index < -0.39 is 0 Å². The molecule has 3 N–H and O–H groups in total. The topological polar surface area (TPSA) is 67.7 Å². The summed E-state index contributed by atoms with van der Waals surface area (Å²) in [7, 11) is 1.90. The summed E-state index contributed by atoms with van der Waals surface area (Å²) < 4.78 is 1.78. The highest BCUT2D eigenvalue weighted by atomic mass is 32.2. The molecule has 0 aliphatic carbocycles. The van der Waals surface area contributed by atoms with Crippen molar-refractivity contribution in [3.05, 3.63) is 47.8 Å². The van der Waals surface area contributed by atoms with Crippen molar-refractivity contribution in [2.24, 2.45) is 12.8 Å². The zero-order chi connectivity index (χ0) is 12.3. The lowest BCUT2D eigenvalue weighted by atomic mass is 10.1. The summed E-state index contributed by atoms with van der Waals surface area (Å²) in [5.41, 5.74) is 7.43. The average molecular weight is 246 g/mol. The number of rotatable bonds is 4. The van der Waals surface area contributed by atoms with E-state index in [0.717, 1.165) is 21.8 Å². The van der Waals surface area contributed by atoms with Crippen molar-refractivity contribution in [1.29, 1.82) is 5.41 Å². The predicted octanol–water partition coefficient (Wildman–Crippen LogP) is 2.00. The molecule has 0 aliphatic rings. The first-order valence-corrected chi connectivity index (χ1v) is 6.19. The van der Waals surface area contributed by atoms with Crippen LogP contribution in [0.3, 0.4) is 0 Å². The van der Waals surface area contributed by atoms with Gasteiger partial charge in [0.05, 0.1) is 6.20 Å². The van der Waals surface area contributed by atoms with Crippen LogP contribution in [0.5, 0.6) is 0 Å². The first-order chi connectivity index (χ1) is 8.16. The summed E-state index contributed by atoms with van der Waals surface area (Å²) in [5, 5.41) is 11.6. The fourth-order valence-corrected chi connectivity index (χ4v) is 2.47. The van der Waals surface area contributed by atoms with Crippen LogP contribution in [0.25, 0.3) is 0 Å².